The lowest BCUT2D eigenvalue weighted by Crippen LogP contribution is -2.38. The molecule has 184 valence electrons. The summed E-state index contributed by atoms with van der Waals surface area (Å²) >= 11 is 0. The minimum atomic E-state index is -0.373. The number of imidazole rings is 1. The highest BCUT2D eigenvalue weighted by Crippen LogP contribution is 2.38. The molecule has 3 atom stereocenters. The van der Waals surface area contributed by atoms with Crippen LogP contribution in [0, 0.1) is 5.92 Å². The number of hydrogen-bond donors (Lipinski definition) is 1. The molecule has 1 fully saturated rings. The van der Waals surface area contributed by atoms with Crippen LogP contribution in [0.1, 0.15) is 76.1 Å². The maximum Gasteiger partial charge on any atom is 0.328 e. The highest BCUT2D eigenvalue weighted by atomic mass is 16.1. The summed E-state index contributed by atoms with van der Waals surface area (Å²) in [4.78, 5) is 18.3. The highest BCUT2D eigenvalue weighted by Gasteiger charge is 2.35. The Balaban J connectivity index is 1.57. The Bertz CT molecular complexity index is 1250. The van der Waals surface area contributed by atoms with E-state index in [1.807, 2.05) is 29.1 Å². The van der Waals surface area contributed by atoms with E-state index in [1.54, 1.807) is 0 Å². The van der Waals surface area contributed by atoms with Gasteiger partial charge in [0.1, 0.15) is 0 Å². The topological polar surface area (TPSA) is 93.7 Å². The van der Waals surface area contributed by atoms with Gasteiger partial charge in [-0.15, -0.1) is 5.10 Å². The van der Waals surface area contributed by atoms with E-state index in [1.165, 1.54) is 12.8 Å². The van der Waals surface area contributed by atoms with Crippen molar-refractivity contribution in [3.63, 3.8) is 0 Å². The molecule has 1 aliphatic carbocycles. The van der Waals surface area contributed by atoms with Crippen LogP contribution in [0.5, 0.6) is 0 Å². The van der Waals surface area contributed by atoms with Crippen LogP contribution in [0.4, 0.5) is 0 Å². The number of aliphatic imine (C=N–C) groups is 1. The Morgan fingerprint density at radius 2 is 2.14 bits per heavy atom. The van der Waals surface area contributed by atoms with Crippen molar-refractivity contribution in [1.29, 1.82) is 0 Å². The first kappa shape index (κ1) is 23.5. The molecule has 3 heterocycles. The zero-order chi connectivity index (χ0) is 24.3. The van der Waals surface area contributed by atoms with E-state index in [9.17, 15) is 4.79 Å². The Hall–Kier alpha value is -3.29. The van der Waals surface area contributed by atoms with Gasteiger partial charge in [-0.25, -0.2) is 9.89 Å². The number of aromatic nitrogens is 6. The lowest BCUT2D eigenvalue weighted by Gasteiger charge is -2.32. The zero-order valence-electron chi connectivity index (χ0n) is 20.7. The smallest absolute Gasteiger partial charge is 0.296 e. The van der Waals surface area contributed by atoms with Crippen molar-refractivity contribution in [2.45, 2.75) is 83.2 Å². The highest BCUT2D eigenvalue weighted by molar-refractivity contribution is 5.65. The molecule has 1 saturated carbocycles. The molecule has 3 aromatic rings. The van der Waals surface area contributed by atoms with Gasteiger partial charge in [-0.2, -0.15) is 0 Å². The first-order valence-corrected chi connectivity index (χ1v) is 13.0. The van der Waals surface area contributed by atoms with Crippen molar-refractivity contribution >= 4 is 6.21 Å². The van der Waals surface area contributed by atoms with E-state index in [0.717, 1.165) is 55.3 Å². The minimum Gasteiger partial charge on any atom is -0.296 e. The van der Waals surface area contributed by atoms with Crippen molar-refractivity contribution in [2.24, 2.45) is 10.9 Å². The maximum atomic E-state index is 13.9. The zero-order valence-corrected chi connectivity index (χ0v) is 20.7. The van der Waals surface area contributed by atoms with Crippen molar-refractivity contribution in [1.82, 2.24) is 29.8 Å². The third-order valence-corrected chi connectivity index (χ3v) is 7.91. The van der Waals surface area contributed by atoms with Gasteiger partial charge in [-0.05, 0) is 60.1 Å². The second-order valence-electron chi connectivity index (χ2n) is 10.0. The number of unbranched alkanes of at least 4 members (excludes halogenated alkanes) is 1. The van der Waals surface area contributed by atoms with Crippen LogP contribution in [-0.2, 0) is 18.4 Å². The molecule has 8 heteroatoms. The van der Waals surface area contributed by atoms with Gasteiger partial charge in [0.15, 0.2) is 5.82 Å². The van der Waals surface area contributed by atoms with Crippen LogP contribution >= 0.6 is 0 Å². The minimum absolute atomic E-state index is 0.132. The third-order valence-electron chi connectivity index (χ3n) is 7.91. The molecule has 0 bridgehead atoms. The number of H-pyrrole nitrogens is 1. The van der Waals surface area contributed by atoms with E-state index in [4.69, 9.17) is 0 Å². The predicted octanol–water partition coefficient (Wildman–Crippen LogP) is 4.85. The standard InChI is InChI=1S/C27H35N7O/c1-3-5-11-23-18-33(24-12-7-8-20(24)4-2)26(35)34(23)19-27(13-15-28-16-14-27)22-10-6-9-21(17-22)25-29-31-32-30-25/h6,9-10,13,15-18,20,24H,3-5,7-8,11-12,14,19H2,1-2H3,(H,29,30,31,32). The van der Waals surface area contributed by atoms with Crippen LogP contribution < -0.4 is 5.69 Å². The van der Waals surface area contributed by atoms with Gasteiger partial charge in [0.05, 0.1) is 0 Å². The number of aryl methyl sites for hydroxylation is 1. The summed E-state index contributed by atoms with van der Waals surface area (Å²) in [5, 5.41) is 14.4. The molecule has 1 aromatic carbocycles. The average Bonchev–Trinajstić information content (AvgIpc) is 3.65. The third kappa shape index (κ3) is 4.54. The summed E-state index contributed by atoms with van der Waals surface area (Å²) in [6.45, 7) is 5.04. The number of nitrogens with one attached hydrogen (secondary N) is 1. The van der Waals surface area contributed by atoms with Crippen LogP contribution in [-0.4, -0.2) is 36.0 Å². The fourth-order valence-corrected chi connectivity index (χ4v) is 5.86. The second kappa shape index (κ2) is 10.1. The fraction of sp³-hybridized carbons (Fsp3) is 0.519. The molecule has 8 nitrogen and oxygen atoms in total. The van der Waals surface area contributed by atoms with Crippen LogP contribution in [0.2, 0.25) is 0 Å². The van der Waals surface area contributed by atoms with Gasteiger partial charge in [0, 0.05) is 47.9 Å². The van der Waals surface area contributed by atoms with Gasteiger partial charge in [0.2, 0.25) is 0 Å². The number of aromatic amines is 1. The van der Waals surface area contributed by atoms with Gasteiger partial charge >= 0.3 is 5.69 Å². The Morgan fingerprint density at radius 1 is 1.23 bits per heavy atom. The van der Waals surface area contributed by atoms with Gasteiger partial charge < -0.3 is 0 Å². The SMILES string of the molecule is CCCCc1cn(C2CCCC2CC)c(=O)n1CC1(c2cccc(-c3nnn[nH]3)c2)C=CN=CC1. The Morgan fingerprint density at radius 3 is 2.89 bits per heavy atom. The molecule has 1 N–H and O–H groups in total. The van der Waals surface area contributed by atoms with E-state index < -0.39 is 0 Å². The average molecular weight is 474 g/mol. The molecule has 5 rings (SSSR count). The normalized spacial score (nSPS) is 23.8. The number of nitrogens with zero attached hydrogens (tertiary/aromatic N) is 6. The first-order valence-electron chi connectivity index (χ1n) is 13.0. The van der Waals surface area contributed by atoms with E-state index in [0.29, 0.717) is 24.3 Å². The molecular formula is C27H35N7O. The molecule has 3 unspecified atom stereocenters. The lowest BCUT2D eigenvalue weighted by atomic mass is 9.76. The fourth-order valence-electron chi connectivity index (χ4n) is 5.86. The van der Waals surface area contributed by atoms with Crippen molar-refractivity contribution in [2.75, 3.05) is 0 Å². The van der Waals surface area contributed by atoms with Crippen molar-refractivity contribution in [3.05, 3.63) is 64.5 Å². The summed E-state index contributed by atoms with van der Waals surface area (Å²) in [6, 6.07) is 8.61. The van der Waals surface area contributed by atoms with Gasteiger partial charge in [-0.3, -0.25) is 14.1 Å². The molecule has 2 aromatic heterocycles. The summed E-state index contributed by atoms with van der Waals surface area (Å²) in [5.74, 6) is 1.22. The van der Waals surface area contributed by atoms with Crippen LogP contribution in [0.3, 0.4) is 0 Å². The number of tetrazole rings is 1. The van der Waals surface area contributed by atoms with Gasteiger partial charge in [0.25, 0.3) is 0 Å². The molecule has 0 radical (unpaired) electrons. The molecule has 0 saturated heterocycles. The summed E-state index contributed by atoms with van der Waals surface area (Å²) in [5.41, 5.74) is 2.96. The summed E-state index contributed by atoms with van der Waals surface area (Å²) in [6.07, 6.45) is 16.6. The van der Waals surface area contributed by atoms with E-state index in [-0.39, 0.29) is 11.1 Å². The molecule has 1 aliphatic heterocycles. The summed E-state index contributed by atoms with van der Waals surface area (Å²) in [7, 11) is 0. The Labute approximate surface area is 206 Å². The second-order valence-corrected chi connectivity index (χ2v) is 10.0. The molecule has 0 spiro atoms. The monoisotopic (exact) mass is 473 g/mol. The number of benzene rings is 1. The number of hydrogen-bond acceptors (Lipinski definition) is 5. The maximum absolute atomic E-state index is 13.9. The number of allylic oxidation sites excluding steroid dienone is 1. The first-order chi connectivity index (χ1) is 17.1. The number of rotatable bonds is 9. The molecule has 35 heavy (non-hydrogen) atoms. The van der Waals surface area contributed by atoms with Gasteiger partial charge in [-0.1, -0.05) is 57.4 Å². The lowest BCUT2D eigenvalue weighted by molar-refractivity contribution is 0.354. The largest absolute Gasteiger partial charge is 0.328 e. The van der Waals surface area contributed by atoms with E-state index >= 15 is 0 Å². The van der Waals surface area contributed by atoms with Crippen LogP contribution in [0.25, 0.3) is 11.4 Å². The predicted molar refractivity (Wildman–Crippen MR) is 138 cm³/mol. The van der Waals surface area contributed by atoms with Crippen molar-refractivity contribution in [3.8, 4) is 11.4 Å². The summed E-state index contributed by atoms with van der Waals surface area (Å²) < 4.78 is 4.12. The van der Waals surface area contributed by atoms with Crippen molar-refractivity contribution < 1.29 is 0 Å². The quantitative estimate of drug-likeness (QED) is 0.481. The van der Waals surface area contributed by atoms with E-state index in [2.05, 4.69) is 68.4 Å². The molecule has 0 amide bonds. The molecular weight excluding hydrogens is 438 g/mol. The Kier molecular flexibility index (Phi) is 6.79. The molecule has 2 aliphatic rings. The van der Waals surface area contributed by atoms with Crippen LogP contribution in [0.15, 0.2) is 52.5 Å².